The molecule has 1 aliphatic heterocycles. The van der Waals surface area contributed by atoms with Crippen LogP contribution < -0.4 is 15.5 Å². The topological polar surface area (TPSA) is 87.2 Å². The Hall–Kier alpha value is -2.82. The Bertz CT molecular complexity index is 1010. The third-order valence-corrected chi connectivity index (χ3v) is 6.49. The molecule has 2 aliphatic rings. The summed E-state index contributed by atoms with van der Waals surface area (Å²) in [6.07, 6.45) is 0.610. The van der Waals surface area contributed by atoms with Gasteiger partial charge in [0.05, 0.1) is 11.3 Å². The molecule has 1 aromatic heterocycles. The van der Waals surface area contributed by atoms with Gasteiger partial charge in [-0.3, -0.25) is 9.59 Å². The van der Waals surface area contributed by atoms with Crippen LogP contribution in [0.1, 0.15) is 31.2 Å². The number of aromatic nitrogens is 2. The first-order valence-electron chi connectivity index (χ1n) is 10.8. The first kappa shape index (κ1) is 23.3. The van der Waals surface area contributed by atoms with Crippen molar-refractivity contribution in [1.29, 1.82) is 0 Å². The maximum Gasteiger partial charge on any atom is 0.416 e. The second-order valence-electron chi connectivity index (χ2n) is 8.17. The van der Waals surface area contributed by atoms with Crippen molar-refractivity contribution < 1.29 is 22.8 Å². The van der Waals surface area contributed by atoms with E-state index < -0.39 is 17.6 Å². The Kier molecular flexibility index (Phi) is 7.06. The normalized spacial score (nSPS) is 17.0. The van der Waals surface area contributed by atoms with E-state index in [1.165, 1.54) is 30.2 Å². The van der Waals surface area contributed by atoms with Gasteiger partial charge in [0.15, 0.2) is 0 Å². The number of anilines is 2. The number of alkyl halides is 3. The lowest BCUT2D eigenvalue weighted by Crippen LogP contribution is -2.41. The largest absolute Gasteiger partial charge is 0.416 e. The summed E-state index contributed by atoms with van der Waals surface area (Å²) in [7, 11) is 0. The molecule has 11 heteroatoms. The van der Waals surface area contributed by atoms with Crippen molar-refractivity contribution in [3.8, 4) is 0 Å². The Morgan fingerprint density at radius 3 is 2.55 bits per heavy atom. The Morgan fingerprint density at radius 1 is 1.09 bits per heavy atom. The number of amides is 2. The lowest BCUT2D eigenvalue weighted by molar-refractivity contribution is -0.137. The van der Waals surface area contributed by atoms with Gasteiger partial charge in [0, 0.05) is 36.8 Å². The lowest BCUT2D eigenvalue weighted by atomic mass is 9.96. The zero-order valence-corrected chi connectivity index (χ0v) is 18.6. The van der Waals surface area contributed by atoms with E-state index in [1.807, 2.05) is 0 Å². The second-order valence-corrected chi connectivity index (χ2v) is 9.17. The van der Waals surface area contributed by atoms with Crippen LogP contribution >= 0.6 is 11.8 Å². The van der Waals surface area contributed by atoms with Crippen LogP contribution in [0.2, 0.25) is 0 Å². The van der Waals surface area contributed by atoms with E-state index in [-0.39, 0.29) is 23.3 Å². The molecule has 0 spiro atoms. The number of nitrogens with zero attached hydrogens (tertiary/aromatic N) is 3. The summed E-state index contributed by atoms with van der Waals surface area (Å²) in [5.74, 6) is 0.463. The molecule has 33 heavy (non-hydrogen) atoms. The minimum Gasteiger partial charge on any atom is -0.356 e. The fourth-order valence-electron chi connectivity index (χ4n) is 3.61. The Balaban J connectivity index is 1.27. The smallest absolute Gasteiger partial charge is 0.356 e. The summed E-state index contributed by atoms with van der Waals surface area (Å²) in [6.45, 7) is 1.42. The number of piperidine rings is 1. The van der Waals surface area contributed by atoms with Gasteiger partial charge in [0.2, 0.25) is 11.8 Å². The van der Waals surface area contributed by atoms with Gasteiger partial charge in [-0.15, -0.1) is 0 Å². The summed E-state index contributed by atoms with van der Waals surface area (Å²) >= 11 is 1.18. The molecule has 1 saturated heterocycles. The predicted octanol–water partition coefficient (Wildman–Crippen LogP) is 3.72. The number of thioether (sulfide) groups is 1. The molecule has 2 amide bonds. The van der Waals surface area contributed by atoms with E-state index in [1.54, 1.807) is 6.07 Å². The van der Waals surface area contributed by atoms with E-state index in [2.05, 4.69) is 25.5 Å². The monoisotopic (exact) mass is 479 g/mol. The van der Waals surface area contributed by atoms with Crippen LogP contribution in [-0.4, -0.2) is 46.7 Å². The van der Waals surface area contributed by atoms with Crippen LogP contribution in [0.15, 0.2) is 41.7 Å². The van der Waals surface area contributed by atoms with Gasteiger partial charge < -0.3 is 15.5 Å². The van der Waals surface area contributed by atoms with Crippen molar-refractivity contribution in [2.45, 2.75) is 42.9 Å². The zero-order chi connectivity index (χ0) is 23.4. The number of hydrogen-bond acceptors (Lipinski definition) is 6. The van der Waals surface area contributed by atoms with Crippen molar-refractivity contribution in [3.05, 3.63) is 42.2 Å². The molecule has 176 valence electrons. The average Bonchev–Trinajstić information content (AvgIpc) is 3.62. The fraction of sp³-hybridized carbons (Fsp3) is 0.455. The number of nitrogens with one attached hydrogen (secondary N) is 2. The number of hydrogen-bond donors (Lipinski definition) is 2. The summed E-state index contributed by atoms with van der Waals surface area (Å²) in [4.78, 5) is 35.0. The molecule has 0 unspecified atom stereocenters. The summed E-state index contributed by atoms with van der Waals surface area (Å²) in [6, 6.07) is 6.67. The van der Waals surface area contributed by atoms with E-state index in [4.69, 9.17) is 0 Å². The number of benzene rings is 1. The van der Waals surface area contributed by atoms with Crippen molar-refractivity contribution in [3.63, 3.8) is 0 Å². The molecule has 2 N–H and O–H groups in total. The maximum absolute atomic E-state index is 12.8. The summed E-state index contributed by atoms with van der Waals surface area (Å²) in [5, 5.41) is 6.14. The molecule has 4 rings (SSSR count). The van der Waals surface area contributed by atoms with Crippen LogP contribution in [-0.2, 0) is 15.8 Å². The van der Waals surface area contributed by atoms with E-state index in [0.717, 1.165) is 43.6 Å². The molecular weight excluding hydrogens is 455 g/mol. The lowest BCUT2D eigenvalue weighted by Gasteiger charge is -2.32. The van der Waals surface area contributed by atoms with Crippen LogP contribution in [0.25, 0.3) is 0 Å². The molecule has 0 atom stereocenters. The van der Waals surface area contributed by atoms with Gasteiger partial charge in [-0.25, -0.2) is 9.97 Å². The quantitative estimate of drug-likeness (QED) is 0.465. The second kappa shape index (κ2) is 9.98. The SMILES string of the molecule is O=C(CSc1cc(N2CCC(C(=O)NC3CC3)CC2)ncn1)Nc1cccc(C(F)(F)F)c1. The molecule has 1 saturated carbocycles. The zero-order valence-electron chi connectivity index (χ0n) is 17.8. The van der Waals surface area contributed by atoms with Crippen LogP contribution in [0.3, 0.4) is 0 Å². The standard InChI is InChI=1S/C22H24F3N5O2S/c23-22(24,25)15-2-1-3-17(10-15)28-19(31)12-33-20-11-18(26-13-27-20)30-8-6-14(7-9-30)21(32)29-16-4-5-16/h1-3,10-11,13-14,16H,4-9,12H2,(H,28,31)(H,29,32). The minimum absolute atomic E-state index is 0.00386. The highest BCUT2D eigenvalue weighted by Crippen LogP contribution is 2.31. The summed E-state index contributed by atoms with van der Waals surface area (Å²) < 4.78 is 38.5. The summed E-state index contributed by atoms with van der Waals surface area (Å²) in [5.41, 5.74) is -0.727. The fourth-order valence-corrected chi connectivity index (χ4v) is 4.27. The number of halogens is 3. The highest BCUT2D eigenvalue weighted by molar-refractivity contribution is 7.99. The predicted molar refractivity (Wildman–Crippen MR) is 119 cm³/mol. The van der Waals surface area contributed by atoms with E-state index in [9.17, 15) is 22.8 Å². The minimum atomic E-state index is -4.47. The molecule has 1 aliphatic carbocycles. The van der Waals surface area contributed by atoms with Gasteiger partial charge >= 0.3 is 6.18 Å². The van der Waals surface area contributed by atoms with Crippen LogP contribution in [0, 0.1) is 5.92 Å². The van der Waals surface area contributed by atoms with Crippen molar-refractivity contribution >= 4 is 35.1 Å². The first-order chi connectivity index (χ1) is 15.8. The molecule has 0 radical (unpaired) electrons. The average molecular weight is 480 g/mol. The number of carbonyl (C=O) groups is 2. The van der Waals surface area contributed by atoms with Gasteiger partial charge in [0.25, 0.3) is 0 Å². The molecule has 2 fully saturated rings. The first-order valence-corrected chi connectivity index (χ1v) is 11.7. The molecule has 1 aromatic carbocycles. The Morgan fingerprint density at radius 2 is 1.85 bits per heavy atom. The van der Waals surface area contributed by atoms with Crippen molar-refractivity contribution in [1.82, 2.24) is 15.3 Å². The van der Waals surface area contributed by atoms with Crippen molar-refractivity contribution in [2.24, 2.45) is 5.92 Å². The Labute approximate surface area is 193 Å². The maximum atomic E-state index is 12.8. The molecule has 0 bridgehead atoms. The van der Waals surface area contributed by atoms with Gasteiger partial charge in [-0.05, 0) is 43.9 Å². The van der Waals surface area contributed by atoms with Gasteiger partial charge in [0.1, 0.15) is 17.2 Å². The third kappa shape index (κ3) is 6.59. The third-order valence-electron chi connectivity index (χ3n) is 5.57. The molecular formula is C22H24F3N5O2S. The highest BCUT2D eigenvalue weighted by Gasteiger charge is 2.31. The van der Waals surface area contributed by atoms with Crippen LogP contribution in [0.4, 0.5) is 24.7 Å². The van der Waals surface area contributed by atoms with Gasteiger partial charge in [-0.1, -0.05) is 17.8 Å². The highest BCUT2D eigenvalue weighted by atomic mass is 32.2. The number of carbonyl (C=O) groups excluding carboxylic acids is 2. The van der Waals surface area contributed by atoms with Gasteiger partial charge in [-0.2, -0.15) is 13.2 Å². The molecule has 7 nitrogen and oxygen atoms in total. The molecule has 2 heterocycles. The van der Waals surface area contributed by atoms with Crippen molar-refractivity contribution in [2.75, 3.05) is 29.1 Å². The van der Waals surface area contributed by atoms with Crippen LogP contribution in [0.5, 0.6) is 0 Å². The molecule has 2 aromatic rings. The number of rotatable bonds is 7. The van der Waals surface area contributed by atoms with E-state index in [0.29, 0.717) is 24.2 Å². The van der Waals surface area contributed by atoms with E-state index >= 15 is 0 Å².